The maximum Gasteiger partial charge on any atom is 0.277 e. The SMILES string of the molecule is NCCn1cc(C(=O)Nc2cc(F)c(Br)cc2F)nn1. The molecule has 6 nitrogen and oxygen atoms in total. The highest BCUT2D eigenvalue weighted by Gasteiger charge is 2.15. The number of hydrogen-bond donors (Lipinski definition) is 2. The number of halogens is 3. The molecule has 3 N–H and O–H groups in total. The lowest BCUT2D eigenvalue weighted by Crippen LogP contribution is -2.14. The monoisotopic (exact) mass is 345 g/mol. The fourth-order valence-corrected chi connectivity index (χ4v) is 1.76. The molecular weight excluding hydrogens is 336 g/mol. The van der Waals surface area contributed by atoms with Gasteiger partial charge in [-0.2, -0.15) is 0 Å². The van der Waals surface area contributed by atoms with Gasteiger partial charge in [0, 0.05) is 12.6 Å². The molecule has 1 heterocycles. The summed E-state index contributed by atoms with van der Waals surface area (Å²) in [5.41, 5.74) is 5.05. The van der Waals surface area contributed by atoms with Gasteiger partial charge in [0.25, 0.3) is 5.91 Å². The molecule has 106 valence electrons. The Morgan fingerprint density at radius 3 is 2.85 bits per heavy atom. The molecule has 1 amide bonds. The van der Waals surface area contributed by atoms with Crippen LogP contribution in [0.5, 0.6) is 0 Å². The second kappa shape index (κ2) is 6.06. The zero-order valence-corrected chi connectivity index (χ0v) is 11.7. The number of aromatic nitrogens is 3. The second-order valence-electron chi connectivity index (χ2n) is 3.86. The number of nitrogens with two attached hydrogens (primary N) is 1. The lowest BCUT2D eigenvalue weighted by Gasteiger charge is -2.05. The molecule has 0 aliphatic heterocycles. The molecule has 20 heavy (non-hydrogen) atoms. The first-order valence-electron chi connectivity index (χ1n) is 5.57. The van der Waals surface area contributed by atoms with Crippen LogP contribution < -0.4 is 11.1 Å². The summed E-state index contributed by atoms with van der Waals surface area (Å²) in [5, 5.41) is 9.52. The van der Waals surface area contributed by atoms with Gasteiger partial charge in [0.15, 0.2) is 5.69 Å². The standard InChI is InChI=1S/C11H10BrF2N5O/c12-6-3-8(14)9(4-7(6)13)16-11(20)10-5-19(2-1-15)18-17-10/h3-5H,1-2,15H2,(H,16,20). The van der Waals surface area contributed by atoms with Gasteiger partial charge >= 0.3 is 0 Å². The van der Waals surface area contributed by atoms with Crippen LogP contribution in [-0.4, -0.2) is 27.4 Å². The van der Waals surface area contributed by atoms with E-state index < -0.39 is 17.5 Å². The van der Waals surface area contributed by atoms with Gasteiger partial charge in [-0.3, -0.25) is 9.48 Å². The Morgan fingerprint density at radius 1 is 1.40 bits per heavy atom. The molecule has 2 rings (SSSR count). The highest BCUT2D eigenvalue weighted by Crippen LogP contribution is 2.23. The number of nitrogens with one attached hydrogen (secondary N) is 1. The molecule has 0 fully saturated rings. The van der Waals surface area contributed by atoms with Gasteiger partial charge in [-0.25, -0.2) is 8.78 Å². The average molecular weight is 346 g/mol. The van der Waals surface area contributed by atoms with E-state index in [0.29, 0.717) is 13.1 Å². The van der Waals surface area contributed by atoms with E-state index in [1.54, 1.807) is 0 Å². The fourth-order valence-electron chi connectivity index (χ4n) is 1.45. The minimum absolute atomic E-state index is 0.0128. The van der Waals surface area contributed by atoms with Gasteiger partial charge in [-0.1, -0.05) is 5.21 Å². The topological polar surface area (TPSA) is 85.8 Å². The lowest BCUT2D eigenvalue weighted by molar-refractivity contribution is 0.102. The molecule has 0 saturated heterocycles. The number of anilines is 1. The van der Waals surface area contributed by atoms with Crippen molar-refractivity contribution in [2.45, 2.75) is 6.54 Å². The largest absolute Gasteiger partial charge is 0.329 e. The fraction of sp³-hybridized carbons (Fsp3) is 0.182. The van der Waals surface area contributed by atoms with Crippen LogP contribution in [0, 0.1) is 11.6 Å². The number of benzene rings is 1. The number of rotatable bonds is 4. The van der Waals surface area contributed by atoms with Gasteiger partial charge < -0.3 is 11.1 Å². The summed E-state index contributed by atoms with van der Waals surface area (Å²) in [6.45, 7) is 0.749. The first kappa shape index (κ1) is 14.5. The summed E-state index contributed by atoms with van der Waals surface area (Å²) >= 11 is 2.85. The van der Waals surface area contributed by atoms with Crippen LogP contribution in [-0.2, 0) is 6.54 Å². The maximum absolute atomic E-state index is 13.6. The van der Waals surface area contributed by atoms with Crippen molar-refractivity contribution < 1.29 is 13.6 Å². The minimum atomic E-state index is -0.763. The molecule has 1 aromatic carbocycles. The van der Waals surface area contributed by atoms with E-state index in [-0.39, 0.29) is 15.9 Å². The van der Waals surface area contributed by atoms with E-state index in [1.807, 2.05) is 0 Å². The number of amides is 1. The van der Waals surface area contributed by atoms with E-state index in [9.17, 15) is 13.6 Å². The van der Waals surface area contributed by atoms with Gasteiger partial charge in [-0.05, 0) is 22.0 Å². The van der Waals surface area contributed by atoms with Crippen LogP contribution in [0.2, 0.25) is 0 Å². The Labute approximate surface area is 121 Å². The van der Waals surface area contributed by atoms with Crippen LogP contribution in [0.15, 0.2) is 22.8 Å². The Balaban J connectivity index is 2.16. The molecule has 0 unspecified atom stereocenters. The van der Waals surface area contributed by atoms with Crippen LogP contribution in [0.25, 0.3) is 0 Å². The maximum atomic E-state index is 13.6. The molecular formula is C11H10BrF2N5O. The third-order valence-electron chi connectivity index (χ3n) is 2.39. The molecule has 1 aromatic heterocycles. The molecule has 0 aliphatic rings. The van der Waals surface area contributed by atoms with Crippen molar-refractivity contribution in [2.75, 3.05) is 11.9 Å². The summed E-state index contributed by atoms with van der Waals surface area (Å²) in [6.07, 6.45) is 1.37. The van der Waals surface area contributed by atoms with Crippen LogP contribution in [0.3, 0.4) is 0 Å². The van der Waals surface area contributed by atoms with Crippen molar-refractivity contribution in [3.05, 3.63) is 40.1 Å². The minimum Gasteiger partial charge on any atom is -0.329 e. The average Bonchev–Trinajstić information content (AvgIpc) is 2.85. The van der Waals surface area contributed by atoms with Crippen LogP contribution in [0.1, 0.15) is 10.5 Å². The summed E-state index contributed by atoms with van der Waals surface area (Å²) in [7, 11) is 0. The van der Waals surface area contributed by atoms with Gasteiger partial charge in [0.1, 0.15) is 11.6 Å². The quantitative estimate of drug-likeness (QED) is 0.823. The Hall–Kier alpha value is -1.87. The van der Waals surface area contributed by atoms with E-state index >= 15 is 0 Å². The predicted molar refractivity (Wildman–Crippen MR) is 71.1 cm³/mol. The molecule has 0 atom stereocenters. The summed E-state index contributed by atoms with van der Waals surface area (Å²) in [5.74, 6) is -2.14. The van der Waals surface area contributed by atoms with E-state index in [4.69, 9.17) is 5.73 Å². The molecule has 0 saturated carbocycles. The summed E-state index contributed by atoms with van der Waals surface area (Å²) in [4.78, 5) is 11.8. The molecule has 0 bridgehead atoms. The summed E-state index contributed by atoms with van der Waals surface area (Å²) in [6, 6.07) is 1.80. The first-order chi connectivity index (χ1) is 9.51. The Bertz CT molecular complexity index is 646. The van der Waals surface area contributed by atoms with Crippen molar-refractivity contribution >= 4 is 27.5 Å². The van der Waals surface area contributed by atoms with E-state index in [1.165, 1.54) is 10.9 Å². The third kappa shape index (κ3) is 3.17. The second-order valence-corrected chi connectivity index (χ2v) is 4.71. The molecule has 2 aromatic rings. The van der Waals surface area contributed by atoms with Crippen molar-refractivity contribution in [1.82, 2.24) is 15.0 Å². The first-order valence-corrected chi connectivity index (χ1v) is 6.36. The van der Waals surface area contributed by atoms with Gasteiger partial charge in [0.05, 0.1) is 22.9 Å². The van der Waals surface area contributed by atoms with Gasteiger partial charge in [0.2, 0.25) is 0 Å². The van der Waals surface area contributed by atoms with Gasteiger partial charge in [-0.15, -0.1) is 5.10 Å². The van der Waals surface area contributed by atoms with Crippen molar-refractivity contribution in [2.24, 2.45) is 5.73 Å². The molecule has 0 aliphatic carbocycles. The van der Waals surface area contributed by atoms with Crippen LogP contribution >= 0.6 is 15.9 Å². The lowest BCUT2D eigenvalue weighted by atomic mass is 10.3. The number of nitrogens with zero attached hydrogens (tertiary/aromatic N) is 3. The molecule has 0 radical (unpaired) electrons. The van der Waals surface area contributed by atoms with Crippen LogP contribution in [0.4, 0.5) is 14.5 Å². The van der Waals surface area contributed by atoms with E-state index in [2.05, 4.69) is 31.6 Å². The molecule has 9 heteroatoms. The zero-order chi connectivity index (χ0) is 14.7. The highest BCUT2D eigenvalue weighted by molar-refractivity contribution is 9.10. The normalized spacial score (nSPS) is 10.6. The Morgan fingerprint density at radius 2 is 2.15 bits per heavy atom. The number of carbonyl (C=O) groups excluding carboxylic acids is 1. The predicted octanol–water partition coefficient (Wildman–Crippen LogP) is 1.53. The van der Waals surface area contributed by atoms with Crippen molar-refractivity contribution in [3.63, 3.8) is 0 Å². The molecule has 0 spiro atoms. The number of hydrogen-bond acceptors (Lipinski definition) is 4. The van der Waals surface area contributed by atoms with Crippen molar-refractivity contribution in [3.8, 4) is 0 Å². The highest BCUT2D eigenvalue weighted by atomic mass is 79.9. The zero-order valence-electron chi connectivity index (χ0n) is 10.1. The third-order valence-corrected chi connectivity index (χ3v) is 3.00. The Kier molecular flexibility index (Phi) is 4.40. The van der Waals surface area contributed by atoms with Crippen molar-refractivity contribution in [1.29, 1.82) is 0 Å². The number of carbonyl (C=O) groups is 1. The smallest absolute Gasteiger partial charge is 0.277 e. The van der Waals surface area contributed by atoms with E-state index in [0.717, 1.165) is 12.1 Å². The summed E-state index contributed by atoms with van der Waals surface area (Å²) < 4.78 is 28.2.